The molecule has 25 heavy (non-hydrogen) atoms. The number of ether oxygens (including phenoxy) is 1. The van der Waals surface area contributed by atoms with Gasteiger partial charge < -0.3 is 9.84 Å². The molecule has 0 saturated heterocycles. The van der Waals surface area contributed by atoms with Gasteiger partial charge in [-0.05, 0) is 62.2 Å². The number of methoxy groups -OCH3 is 1. The van der Waals surface area contributed by atoms with Crippen molar-refractivity contribution in [1.29, 1.82) is 0 Å². The Kier molecular flexibility index (Phi) is 5.20. The van der Waals surface area contributed by atoms with Crippen LogP contribution in [-0.2, 0) is 10.0 Å². The zero-order valence-electron chi connectivity index (χ0n) is 14.5. The number of benzene rings is 2. The number of hydrogen-bond acceptors (Lipinski definition) is 4. The molecule has 0 radical (unpaired) electrons. The van der Waals surface area contributed by atoms with Gasteiger partial charge in [0.15, 0.2) is 0 Å². The summed E-state index contributed by atoms with van der Waals surface area (Å²) in [4.78, 5) is 11.4. The van der Waals surface area contributed by atoms with E-state index in [0.29, 0.717) is 16.9 Å². The van der Waals surface area contributed by atoms with Crippen molar-refractivity contribution in [2.24, 2.45) is 0 Å². The van der Waals surface area contributed by atoms with E-state index in [0.717, 1.165) is 0 Å². The third-order valence-corrected chi connectivity index (χ3v) is 5.06. The first-order chi connectivity index (χ1) is 11.5. The molecule has 0 amide bonds. The van der Waals surface area contributed by atoms with Gasteiger partial charge in [-0.1, -0.05) is 12.1 Å². The summed E-state index contributed by atoms with van der Waals surface area (Å²) in [6.07, 6.45) is 0. The average molecular weight is 363 g/mol. The van der Waals surface area contributed by atoms with Gasteiger partial charge in [0, 0.05) is 5.54 Å². The van der Waals surface area contributed by atoms with Gasteiger partial charge in [-0.2, -0.15) is 0 Å². The lowest BCUT2D eigenvalue weighted by Gasteiger charge is -2.20. The van der Waals surface area contributed by atoms with Crippen molar-refractivity contribution >= 4 is 16.0 Å². The van der Waals surface area contributed by atoms with E-state index < -0.39 is 21.5 Å². The maximum atomic E-state index is 12.5. The first-order valence-electron chi connectivity index (χ1n) is 7.59. The number of carbonyl (C=O) groups is 1. The van der Waals surface area contributed by atoms with Crippen molar-refractivity contribution in [2.45, 2.75) is 31.2 Å². The molecule has 0 fully saturated rings. The summed E-state index contributed by atoms with van der Waals surface area (Å²) < 4.78 is 32.7. The van der Waals surface area contributed by atoms with E-state index in [-0.39, 0.29) is 10.5 Å². The highest BCUT2D eigenvalue weighted by molar-refractivity contribution is 7.89. The molecule has 0 atom stereocenters. The molecular weight excluding hydrogens is 342 g/mol. The molecular formula is C18H21NO5S. The second-order valence-corrected chi connectivity index (χ2v) is 8.32. The van der Waals surface area contributed by atoms with E-state index in [4.69, 9.17) is 4.74 Å². The topological polar surface area (TPSA) is 92.7 Å². The SMILES string of the molecule is COc1cc(C(=O)O)cc(-c2cccc(S(=O)(=O)NC(C)(C)C)c2)c1. The van der Waals surface area contributed by atoms with Gasteiger partial charge in [0.2, 0.25) is 10.0 Å². The number of sulfonamides is 1. The summed E-state index contributed by atoms with van der Waals surface area (Å²) >= 11 is 0. The van der Waals surface area contributed by atoms with Crippen LogP contribution in [0.15, 0.2) is 47.4 Å². The van der Waals surface area contributed by atoms with Crippen LogP contribution >= 0.6 is 0 Å². The Balaban J connectivity index is 2.53. The molecule has 0 spiro atoms. The molecule has 7 heteroatoms. The van der Waals surface area contributed by atoms with E-state index in [1.54, 1.807) is 39.0 Å². The molecule has 6 nitrogen and oxygen atoms in total. The van der Waals surface area contributed by atoms with Crippen LogP contribution in [0.2, 0.25) is 0 Å². The Bertz CT molecular complexity index is 898. The Morgan fingerprint density at radius 1 is 1.08 bits per heavy atom. The second-order valence-electron chi connectivity index (χ2n) is 6.64. The molecule has 2 aromatic carbocycles. The second kappa shape index (κ2) is 6.85. The summed E-state index contributed by atoms with van der Waals surface area (Å²) in [7, 11) is -2.24. The van der Waals surface area contributed by atoms with Crippen LogP contribution < -0.4 is 9.46 Å². The smallest absolute Gasteiger partial charge is 0.335 e. The number of carboxylic acid groups (broad SMARTS) is 1. The minimum atomic E-state index is -3.69. The molecule has 0 aliphatic rings. The van der Waals surface area contributed by atoms with E-state index >= 15 is 0 Å². The number of carboxylic acids is 1. The Labute approximate surface area is 147 Å². The van der Waals surface area contributed by atoms with E-state index in [1.807, 2.05) is 0 Å². The molecule has 2 N–H and O–H groups in total. The van der Waals surface area contributed by atoms with Gasteiger partial charge in [-0.3, -0.25) is 0 Å². The molecule has 0 bridgehead atoms. The normalized spacial score (nSPS) is 12.0. The highest BCUT2D eigenvalue weighted by atomic mass is 32.2. The van der Waals surface area contributed by atoms with Gasteiger partial charge in [0.05, 0.1) is 17.6 Å². The maximum Gasteiger partial charge on any atom is 0.335 e. The molecule has 0 heterocycles. The summed E-state index contributed by atoms with van der Waals surface area (Å²) in [5, 5.41) is 9.23. The quantitative estimate of drug-likeness (QED) is 0.851. The predicted octanol–water partition coefficient (Wildman–Crippen LogP) is 3.14. The fourth-order valence-corrected chi connectivity index (χ4v) is 3.78. The summed E-state index contributed by atoms with van der Waals surface area (Å²) in [5.74, 6) is -0.700. The van der Waals surface area contributed by atoms with Crippen LogP contribution in [0.5, 0.6) is 5.75 Å². The van der Waals surface area contributed by atoms with Gasteiger partial charge in [-0.25, -0.2) is 17.9 Å². The summed E-state index contributed by atoms with van der Waals surface area (Å²) in [5.41, 5.74) is 0.597. The van der Waals surface area contributed by atoms with Crippen LogP contribution in [0, 0.1) is 0 Å². The lowest BCUT2D eigenvalue weighted by atomic mass is 10.0. The van der Waals surface area contributed by atoms with Gasteiger partial charge >= 0.3 is 5.97 Å². The lowest BCUT2D eigenvalue weighted by molar-refractivity contribution is 0.0696. The third-order valence-electron chi connectivity index (χ3n) is 3.31. The molecule has 134 valence electrons. The lowest BCUT2D eigenvalue weighted by Crippen LogP contribution is -2.40. The van der Waals surface area contributed by atoms with Crippen molar-refractivity contribution in [3.8, 4) is 16.9 Å². The van der Waals surface area contributed by atoms with Crippen molar-refractivity contribution < 1.29 is 23.1 Å². The third kappa shape index (κ3) is 4.80. The monoisotopic (exact) mass is 363 g/mol. The fraction of sp³-hybridized carbons (Fsp3) is 0.278. The van der Waals surface area contributed by atoms with Crippen LogP contribution in [0.4, 0.5) is 0 Å². The molecule has 2 rings (SSSR count). The van der Waals surface area contributed by atoms with Crippen molar-refractivity contribution in [3.05, 3.63) is 48.0 Å². The Morgan fingerprint density at radius 3 is 2.32 bits per heavy atom. The van der Waals surface area contributed by atoms with Crippen molar-refractivity contribution in [1.82, 2.24) is 4.72 Å². The van der Waals surface area contributed by atoms with E-state index in [1.165, 1.54) is 31.4 Å². The zero-order chi connectivity index (χ0) is 18.8. The van der Waals surface area contributed by atoms with Crippen LogP contribution in [0.3, 0.4) is 0 Å². The number of aromatic carboxylic acids is 1. The molecule has 0 saturated carbocycles. The van der Waals surface area contributed by atoms with Crippen LogP contribution in [0.25, 0.3) is 11.1 Å². The Hall–Kier alpha value is -2.38. The average Bonchev–Trinajstić information content (AvgIpc) is 2.52. The molecule has 0 aliphatic carbocycles. The standard InChI is InChI=1S/C18H21NO5S/c1-18(2,3)19-25(22,23)16-7-5-6-12(11-16)13-8-14(17(20)21)10-15(9-13)24-4/h5-11,19H,1-4H3,(H,20,21). The maximum absolute atomic E-state index is 12.5. The predicted molar refractivity (Wildman–Crippen MR) is 95.5 cm³/mol. The molecule has 0 aliphatic heterocycles. The summed E-state index contributed by atoms with van der Waals surface area (Å²) in [6, 6.07) is 10.9. The minimum Gasteiger partial charge on any atom is -0.497 e. The molecule has 0 unspecified atom stereocenters. The number of hydrogen-bond donors (Lipinski definition) is 2. The summed E-state index contributed by atoms with van der Waals surface area (Å²) in [6.45, 7) is 5.28. The molecule has 2 aromatic rings. The zero-order valence-corrected chi connectivity index (χ0v) is 15.3. The number of nitrogens with one attached hydrogen (secondary N) is 1. The largest absolute Gasteiger partial charge is 0.497 e. The number of rotatable bonds is 5. The van der Waals surface area contributed by atoms with Crippen LogP contribution in [-0.4, -0.2) is 32.1 Å². The van der Waals surface area contributed by atoms with Gasteiger partial charge in [0.25, 0.3) is 0 Å². The van der Waals surface area contributed by atoms with Crippen LogP contribution in [0.1, 0.15) is 31.1 Å². The highest BCUT2D eigenvalue weighted by Crippen LogP contribution is 2.28. The molecule has 0 aromatic heterocycles. The fourth-order valence-electron chi connectivity index (χ4n) is 2.31. The van der Waals surface area contributed by atoms with E-state index in [9.17, 15) is 18.3 Å². The van der Waals surface area contributed by atoms with Crippen molar-refractivity contribution in [3.63, 3.8) is 0 Å². The van der Waals surface area contributed by atoms with Gasteiger partial charge in [0.1, 0.15) is 5.75 Å². The first kappa shape index (κ1) is 19.0. The van der Waals surface area contributed by atoms with E-state index in [2.05, 4.69) is 4.72 Å². The Morgan fingerprint density at radius 2 is 1.76 bits per heavy atom. The van der Waals surface area contributed by atoms with Crippen molar-refractivity contribution in [2.75, 3.05) is 7.11 Å². The first-order valence-corrected chi connectivity index (χ1v) is 9.07. The van der Waals surface area contributed by atoms with Gasteiger partial charge in [-0.15, -0.1) is 0 Å². The highest BCUT2D eigenvalue weighted by Gasteiger charge is 2.22. The minimum absolute atomic E-state index is 0.0652.